The average molecular weight is 450 g/mol. The number of nitrogens with zero attached hydrogens (tertiary/aromatic N) is 1. The number of aryl methyl sites for hydroxylation is 1. The fourth-order valence-electron chi connectivity index (χ4n) is 3.53. The maximum absolute atomic E-state index is 13.2. The number of thioether (sulfide) groups is 1. The molecule has 7 heteroatoms. The molecule has 3 aromatic rings. The van der Waals surface area contributed by atoms with Gasteiger partial charge in [-0.15, -0.1) is 0 Å². The predicted octanol–water partition coefficient (Wildman–Crippen LogP) is 4.04. The number of nitrogens with one attached hydrogen (secondary N) is 1. The SMILES string of the molecule is CSCCC(NC(=O)c1ccc(C(N)c2cccnc2)cc1-c1ccccc1C)C(=O)O. The van der Waals surface area contributed by atoms with Crippen molar-refractivity contribution in [3.05, 3.63) is 89.2 Å². The lowest BCUT2D eigenvalue weighted by atomic mass is 9.90. The van der Waals surface area contributed by atoms with Gasteiger partial charge in [0, 0.05) is 18.0 Å². The normalized spacial score (nSPS) is 12.7. The molecule has 2 unspecified atom stereocenters. The highest BCUT2D eigenvalue weighted by atomic mass is 32.2. The fraction of sp³-hybridized carbons (Fsp3) is 0.240. The molecular weight excluding hydrogens is 422 g/mol. The molecule has 6 nitrogen and oxygen atoms in total. The Labute approximate surface area is 192 Å². The van der Waals surface area contributed by atoms with Crippen LogP contribution in [0.2, 0.25) is 0 Å². The smallest absolute Gasteiger partial charge is 0.326 e. The lowest BCUT2D eigenvalue weighted by Gasteiger charge is -2.19. The molecule has 166 valence electrons. The number of nitrogens with two attached hydrogens (primary N) is 1. The lowest BCUT2D eigenvalue weighted by molar-refractivity contribution is -0.139. The maximum atomic E-state index is 13.2. The second-order valence-electron chi connectivity index (χ2n) is 7.53. The van der Waals surface area contributed by atoms with Gasteiger partial charge in [-0.05, 0) is 71.4 Å². The van der Waals surface area contributed by atoms with Crippen molar-refractivity contribution in [1.29, 1.82) is 0 Å². The molecule has 0 aliphatic rings. The van der Waals surface area contributed by atoms with Crippen LogP contribution in [0.1, 0.15) is 39.5 Å². The Balaban J connectivity index is 2.03. The van der Waals surface area contributed by atoms with Gasteiger partial charge in [0.2, 0.25) is 0 Å². The first-order valence-electron chi connectivity index (χ1n) is 10.3. The van der Waals surface area contributed by atoms with Crippen LogP contribution in [0.25, 0.3) is 11.1 Å². The summed E-state index contributed by atoms with van der Waals surface area (Å²) in [7, 11) is 0. The van der Waals surface area contributed by atoms with Crippen molar-refractivity contribution in [1.82, 2.24) is 10.3 Å². The molecule has 1 heterocycles. The molecule has 0 fully saturated rings. The molecular formula is C25H27N3O3S. The molecule has 0 aliphatic heterocycles. The largest absolute Gasteiger partial charge is 0.480 e. The highest BCUT2D eigenvalue weighted by Gasteiger charge is 2.23. The van der Waals surface area contributed by atoms with E-state index in [2.05, 4.69) is 10.3 Å². The van der Waals surface area contributed by atoms with E-state index in [1.165, 1.54) is 0 Å². The first kappa shape index (κ1) is 23.5. The van der Waals surface area contributed by atoms with Crippen LogP contribution >= 0.6 is 11.8 Å². The van der Waals surface area contributed by atoms with Gasteiger partial charge in [0.15, 0.2) is 0 Å². The van der Waals surface area contributed by atoms with Gasteiger partial charge in [-0.3, -0.25) is 9.78 Å². The second kappa shape index (κ2) is 10.9. The number of rotatable bonds is 9. The van der Waals surface area contributed by atoms with E-state index in [1.54, 1.807) is 30.2 Å². The molecule has 0 radical (unpaired) electrons. The van der Waals surface area contributed by atoms with E-state index >= 15 is 0 Å². The van der Waals surface area contributed by atoms with E-state index in [1.807, 2.05) is 61.7 Å². The first-order chi connectivity index (χ1) is 15.4. The van der Waals surface area contributed by atoms with Crippen molar-refractivity contribution in [3.63, 3.8) is 0 Å². The van der Waals surface area contributed by atoms with E-state index in [9.17, 15) is 14.7 Å². The molecule has 3 rings (SSSR count). The Morgan fingerprint density at radius 3 is 2.53 bits per heavy atom. The molecule has 2 aromatic carbocycles. The zero-order chi connectivity index (χ0) is 23.1. The number of pyridine rings is 1. The second-order valence-corrected chi connectivity index (χ2v) is 8.52. The molecule has 0 spiro atoms. The maximum Gasteiger partial charge on any atom is 0.326 e. The number of hydrogen-bond donors (Lipinski definition) is 3. The number of hydrogen-bond acceptors (Lipinski definition) is 5. The first-order valence-corrected chi connectivity index (χ1v) is 11.7. The lowest BCUT2D eigenvalue weighted by Crippen LogP contribution is -2.41. The summed E-state index contributed by atoms with van der Waals surface area (Å²) in [6, 6.07) is 15.6. The van der Waals surface area contributed by atoms with Crippen molar-refractivity contribution < 1.29 is 14.7 Å². The molecule has 1 aromatic heterocycles. The van der Waals surface area contributed by atoms with Gasteiger partial charge >= 0.3 is 5.97 Å². The number of carbonyl (C=O) groups excluding carboxylic acids is 1. The number of aliphatic carboxylic acids is 1. The highest BCUT2D eigenvalue weighted by Crippen LogP contribution is 2.31. The summed E-state index contributed by atoms with van der Waals surface area (Å²) in [5, 5.41) is 12.2. The number of carboxylic acid groups (broad SMARTS) is 1. The summed E-state index contributed by atoms with van der Waals surface area (Å²) in [6.45, 7) is 1.98. The molecule has 4 N–H and O–H groups in total. The average Bonchev–Trinajstić information content (AvgIpc) is 2.81. The van der Waals surface area contributed by atoms with E-state index in [4.69, 9.17) is 5.73 Å². The van der Waals surface area contributed by atoms with Gasteiger partial charge < -0.3 is 16.2 Å². The molecule has 0 bridgehead atoms. The molecule has 0 saturated carbocycles. The standard InChI is InChI=1S/C25H27N3O3S/c1-16-6-3-4-8-19(16)21-14-17(23(26)18-7-5-12-27-15-18)9-10-20(21)24(29)28-22(25(30)31)11-13-32-2/h3-10,12,14-15,22-23H,11,13,26H2,1-2H3,(H,28,29)(H,30,31). The van der Waals surface area contributed by atoms with Crippen molar-refractivity contribution >= 4 is 23.6 Å². The fourth-order valence-corrected chi connectivity index (χ4v) is 4.00. The van der Waals surface area contributed by atoms with Gasteiger partial charge in [0.1, 0.15) is 6.04 Å². The Bertz CT molecular complexity index is 1090. The van der Waals surface area contributed by atoms with E-state index in [0.29, 0.717) is 23.3 Å². The molecule has 2 atom stereocenters. The third-order valence-electron chi connectivity index (χ3n) is 5.34. The van der Waals surface area contributed by atoms with Crippen LogP contribution < -0.4 is 11.1 Å². The number of amides is 1. The third-order valence-corrected chi connectivity index (χ3v) is 5.98. The summed E-state index contributed by atoms with van der Waals surface area (Å²) >= 11 is 1.54. The number of carbonyl (C=O) groups is 2. The minimum Gasteiger partial charge on any atom is -0.480 e. The number of carboxylic acids is 1. The molecule has 0 aliphatic carbocycles. The van der Waals surface area contributed by atoms with E-state index < -0.39 is 24.0 Å². The summed E-state index contributed by atoms with van der Waals surface area (Å²) in [6.07, 6.45) is 5.67. The molecule has 1 amide bonds. The van der Waals surface area contributed by atoms with Gasteiger partial charge in [-0.2, -0.15) is 11.8 Å². The Hall–Kier alpha value is -3.16. The van der Waals surface area contributed by atoms with Crippen molar-refractivity contribution in [3.8, 4) is 11.1 Å². The summed E-state index contributed by atoms with van der Waals surface area (Å²) in [4.78, 5) is 28.9. The van der Waals surface area contributed by atoms with Crippen LogP contribution in [0, 0.1) is 6.92 Å². The quantitative estimate of drug-likeness (QED) is 0.455. The van der Waals surface area contributed by atoms with Crippen LogP contribution in [-0.2, 0) is 4.79 Å². The Kier molecular flexibility index (Phi) is 8.03. The van der Waals surface area contributed by atoms with Crippen LogP contribution in [0.3, 0.4) is 0 Å². The van der Waals surface area contributed by atoms with Crippen LogP contribution in [0.15, 0.2) is 67.0 Å². The monoisotopic (exact) mass is 449 g/mol. The Morgan fingerprint density at radius 2 is 1.88 bits per heavy atom. The van der Waals surface area contributed by atoms with Crippen molar-refractivity contribution in [2.45, 2.75) is 25.4 Å². The van der Waals surface area contributed by atoms with Gasteiger partial charge in [-0.25, -0.2) is 4.79 Å². The summed E-state index contributed by atoms with van der Waals surface area (Å²) in [5.74, 6) is -0.820. The van der Waals surface area contributed by atoms with Crippen LogP contribution in [-0.4, -0.2) is 40.0 Å². The zero-order valence-corrected chi connectivity index (χ0v) is 18.9. The van der Waals surface area contributed by atoms with Crippen LogP contribution in [0.4, 0.5) is 0 Å². The number of aromatic nitrogens is 1. The highest BCUT2D eigenvalue weighted by molar-refractivity contribution is 7.98. The van der Waals surface area contributed by atoms with E-state index in [0.717, 1.165) is 22.3 Å². The van der Waals surface area contributed by atoms with E-state index in [-0.39, 0.29) is 0 Å². The zero-order valence-electron chi connectivity index (χ0n) is 18.1. The van der Waals surface area contributed by atoms with Gasteiger partial charge in [0.25, 0.3) is 5.91 Å². The van der Waals surface area contributed by atoms with Crippen LogP contribution in [0.5, 0.6) is 0 Å². The Morgan fingerprint density at radius 1 is 1.09 bits per heavy atom. The molecule has 0 saturated heterocycles. The van der Waals surface area contributed by atoms with Gasteiger partial charge in [0.05, 0.1) is 6.04 Å². The summed E-state index contributed by atoms with van der Waals surface area (Å²) < 4.78 is 0. The van der Waals surface area contributed by atoms with Crippen molar-refractivity contribution in [2.75, 3.05) is 12.0 Å². The minimum absolute atomic E-state index is 0.353. The molecule has 32 heavy (non-hydrogen) atoms. The van der Waals surface area contributed by atoms with Crippen molar-refractivity contribution in [2.24, 2.45) is 5.73 Å². The number of benzene rings is 2. The predicted molar refractivity (Wildman–Crippen MR) is 129 cm³/mol. The summed E-state index contributed by atoms with van der Waals surface area (Å²) in [5.41, 5.74) is 11.2. The topological polar surface area (TPSA) is 105 Å². The third kappa shape index (κ3) is 5.55. The van der Waals surface area contributed by atoms with Gasteiger partial charge in [-0.1, -0.05) is 36.4 Å². The minimum atomic E-state index is -1.04.